The highest BCUT2D eigenvalue weighted by Gasteiger charge is 2.43. The third-order valence-corrected chi connectivity index (χ3v) is 5.32. The van der Waals surface area contributed by atoms with Crippen molar-refractivity contribution in [3.63, 3.8) is 0 Å². The fraction of sp³-hybridized carbons (Fsp3) is 0.304. The Labute approximate surface area is 165 Å². The average molecular weight is 380 g/mol. The first-order valence-corrected chi connectivity index (χ1v) is 9.07. The molecule has 5 nitrogen and oxygen atoms in total. The van der Waals surface area contributed by atoms with Crippen LogP contribution in [0.4, 0.5) is 5.69 Å². The van der Waals surface area contributed by atoms with Crippen LogP contribution in [0.1, 0.15) is 35.3 Å². The van der Waals surface area contributed by atoms with E-state index in [0.29, 0.717) is 5.56 Å². The molecule has 5 heteroatoms. The zero-order chi connectivity index (χ0) is 20.5. The molecule has 0 saturated heterocycles. The Morgan fingerprint density at radius 1 is 1.00 bits per heavy atom. The second-order valence-electron chi connectivity index (χ2n) is 7.23. The van der Waals surface area contributed by atoms with Crippen LogP contribution in [0.2, 0.25) is 0 Å². The summed E-state index contributed by atoms with van der Waals surface area (Å²) in [6.45, 7) is 4.36. The fourth-order valence-electron chi connectivity index (χ4n) is 3.71. The van der Waals surface area contributed by atoms with Gasteiger partial charge in [0.25, 0.3) is 0 Å². The monoisotopic (exact) mass is 380 g/mol. The summed E-state index contributed by atoms with van der Waals surface area (Å²) in [5.41, 5.74) is 4.62. The number of esters is 1. The topological polar surface area (TPSA) is 47.8 Å². The smallest absolute Gasteiger partial charge is 0.338 e. The van der Waals surface area contributed by atoms with Crippen molar-refractivity contribution in [3.05, 3.63) is 59.2 Å². The fourth-order valence-corrected chi connectivity index (χ4v) is 3.71. The summed E-state index contributed by atoms with van der Waals surface area (Å²) in [6.07, 6.45) is 4.14. The number of hydrogen-bond donors (Lipinski definition) is 0. The number of rotatable bonds is 5. The van der Waals surface area contributed by atoms with E-state index in [-0.39, 0.29) is 11.4 Å². The Hall–Kier alpha value is -3.08. The van der Waals surface area contributed by atoms with E-state index in [2.05, 4.69) is 24.5 Å². The van der Waals surface area contributed by atoms with E-state index in [1.54, 1.807) is 14.2 Å². The van der Waals surface area contributed by atoms with E-state index in [0.717, 1.165) is 28.5 Å². The number of carbonyl (C=O) groups excluding carboxylic acids is 1. The third kappa shape index (κ3) is 3.28. The van der Waals surface area contributed by atoms with Crippen molar-refractivity contribution in [3.8, 4) is 11.5 Å². The molecule has 1 aliphatic rings. The van der Waals surface area contributed by atoms with Crippen LogP contribution in [0.5, 0.6) is 11.5 Å². The van der Waals surface area contributed by atoms with Crippen LogP contribution in [-0.4, -0.2) is 44.6 Å². The van der Waals surface area contributed by atoms with Gasteiger partial charge in [-0.15, -0.1) is 0 Å². The van der Waals surface area contributed by atoms with Gasteiger partial charge in [0.1, 0.15) is 18.5 Å². The van der Waals surface area contributed by atoms with Gasteiger partial charge in [0, 0.05) is 29.3 Å². The summed E-state index contributed by atoms with van der Waals surface area (Å²) in [5.74, 6) is 1.17. The van der Waals surface area contributed by atoms with E-state index in [1.165, 1.54) is 12.7 Å². The number of fused-ring (bicyclic) bond motifs is 1. The zero-order valence-corrected chi connectivity index (χ0v) is 17.2. The first-order valence-electron chi connectivity index (χ1n) is 9.07. The lowest BCUT2D eigenvalue weighted by Crippen LogP contribution is -2.26. The summed E-state index contributed by atoms with van der Waals surface area (Å²) < 4.78 is 17.7. The average Bonchev–Trinajstić information content (AvgIpc) is 2.90. The number of benzene rings is 2. The molecular weight excluding hydrogens is 354 g/mol. The second-order valence-corrected chi connectivity index (χ2v) is 7.23. The van der Waals surface area contributed by atoms with Gasteiger partial charge in [-0.2, -0.15) is 4.58 Å². The van der Waals surface area contributed by atoms with Gasteiger partial charge in [0.15, 0.2) is 5.71 Å². The van der Waals surface area contributed by atoms with Crippen LogP contribution in [0.3, 0.4) is 0 Å². The molecule has 0 aliphatic carbocycles. The normalized spacial score (nSPS) is 14.9. The Kier molecular flexibility index (Phi) is 5.27. The zero-order valence-electron chi connectivity index (χ0n) is 17.2. The van der Waals surface area contributed by atoms with Crippen molar-refractivity contribution < 1.29 is 23.6 Å². The SMILES string of the molecule is COC(=O)c1ccc2c(c1)[N+](C)=C(/C=C/c1ccc(OC)cc1OC)C2(C)C. The second kappa shape index (κ2) is 7.50. The van der Waals surface area contributed by atoms with Gasteiger partial charge >= 0.3 is 5.97 Å². The number of hydrogen-bond acceptors (Lipinski definition) is 4. The maximum absolute atomic E-state index is 11.9. The van der Waals surface area contributed by atoms with E-state index in [1.807, 2.05) is 49.5 Å². The molecule has 0 unspecified atom stereocenters. The predicted molar refractivity (Wildman–Crippen MR) is 110 cm³/mol. The minimum absolute atomic E-state index is 0.199. The van der Waals surface area contributed by atoms with Gasteiger partial charge in [0.05, 0.1) is 32.3 Å². The van der Waals surface area contributed by atoms with E-state index < -0.39 is 0 Å². The maximum atomic E-state index is 11.9. The van der Waals surface area contributed by atoms with Gasteiger partial charge in [-0.25, -0.2) is 4.79 Å². The summed E-state index contributed by atoms with van der Waals surface area (Å²) in [7, 11) is 6.69. The molecule has 0 N–H and O–H groups in total. The van der Waals surface area contributed by atoms with Crippen LogP contribution >= 0.6 is 0 Å². The highest BCUT2D eigenvalue weighted by molar-refractivity contribution is 6.06. The Balaban J connectivity index is 2.02. The van der Waals surface area contributed by atoms with E-state index in [9.17, 15) is 4.79 Å². The molecule has 0 aromatic heterocycles. The number of nitrogens with zero attached hydrogens (tertiary/aromatic N) is 1. The molecule has 0 spiro atoms. The molecule has 0 atom stereocenters. The summed E-state index contributed by atoms with van der Waals surface area (Å²) in [4.78, 5) is 11.9. The quantitative estimate of drug-likeness (QED) is 0.576. The number of allylic oxidation sites excluding steroid dienone is 1. The first-order chi connectivity index (χ1) is 13.3. The molecule has 0 fully saturated rings. The molecular formula is C23H26NO4+. The number of carbonyl (C=O) groups is 1. The largest absolute Gasteiger partial charge is 0.497 e. The van der Waals surface area contributed by atoms with Crippen molar-refractivity contribution in [2.24, 2.45) is 0 Å². The maximum Gasteiger partial charge on any atom is 0.338 e. The standard InChI is InChI=1S/C23H26NO4/c1-23(2)18-11-8-16(22(25)28-6)13-19(18)24(3)21(23)12-9-15-7-10-17(26-4)14-20(15)27-5/h7-14H,1-6H3/q+1/b12-9+. The molecule has 1 aliphatic heterocycles. The molecule has 0 radical (unpaired) electrons. The molecule has 0 saturated carbocycles. The van der Waals surface area contributed by atoms with Crippen molar-refractivity contribution in [1.29, 1.82) is 0 Å². The lowest BCUT2D eigenvalue weighted by atomic mass is 9.81. The summed E-state index contributed by atoms with van der Waals surface area (Å²) in [6, 6.07) is 11.5. The van der Waals surface area contributed by atoms with Crippen molar-refractivity contribution in [2.45, 2.75) is 19.3 Å². The molecule has 0 amide bonds. The van der Waals surface area contributed by atoms with Crippen molar-refractivity contribution in [1.82, 2.24) is 0 Å². The predicted octanol–water partition coefficient (Wildman–Crippen LogP) is 4.21. The van der Waals surface area contributed by atoms with Gasteiger partial charge in [-0.1, -0.05) is 6.07 Å². The Morgan fingerprint density at radius 2 is 1.75 bits per heavy atom. The number of methoxy groups -OCH3 is 3. The molecule has 1 heterocycles. The highest BCUT2D eigenvalue weighted by Crippen LogP contribution is 2.40. The minimum Gasteiger partial charge on any atom is -0.497 e. The van der Waals surface area contributed by atoms with Crippen LogP contribution in [0, 0.1) is 0 Å². The summed E-state index contributed by atoms with van der Waals surface area (Å²) >= 11 is 0. The Morgan fingerprint density at radius 3 is 2.39 bits per heavy atom. The highest BCUT2D eigenvalue weighted by atomic mass is 16.5. The van der Waals surface area contributed by atoms with Crippen LogP contribution in [0.25, 0.3) is 6.08 Å². The molecule has 2 aromatic rings. The number of ether oxygens (including phenoxy) is 3. The lowest BCUT2D eigenvalue weighted by molar-refractivity contribution is -0.401. The van der Waals surface area contributed by atoms with Crippen LogP contribution < -0.4 is 9.47 Å². The third-order valence-electron chi connectivity index (χ3n) is 5.32. The van der Waals surface area contributed by atoms with E-state index >= 15 is 0 Å². The van der Waals surface area contributed by atoms with Crippen molar-refractivity contribution in [2.75, 3.05) is 28.4 Å². The van der Waals surface area contributed by atoms with Gasteiger partial charge < -0.3 is 14.2 Å². The van der Waals surface area contributed by atoms with E-state index in [4.69, 9.17) is 14.2 Å². The van der Waals surface area contributed by atoms with Crippen LogP contribution in [0.15, 0.2) is 42.5 Å². The molecule has 2 aromatic carbocycles. The van der Waals surface area contributed by atoms with Gasteiger partial charge in [-0.3, -0.25) is 0 Å². The Bertz CT molecular complexity index is 986. The molecule has 0 bridgehead atoms. The summed E-state index contributed by atoms with van der Waals surface area (Å²) in [5, 5.41) is 0. The first kappa shape index (κ1) is 19.7. The molecule has 28 heavy (non-hydrogen) atoms. The molecule has 146 valence electrons. The van der Waals surface area contributed by atoms with Crippen molar-refractivity contribution >= 4 is 23.4 Å². The lowest BCUT2D eigenvalue weighted by Gasteiger charge is -2.15. The molecule has 3 rings (SSSR count). The van der Waals surface area contributed by atoms with Crippen LogP contribution in [-0.2, 0) is 10.2 Å². The minimum atomic E-state index is -0.332. The van der Waals surface area contributed by atoms with Gasteiger partial charge in [-0.05, 0) is 38.1 Å². The van der Waals surface area contributed by atoms with Gasteiger partial charge in [0.2, 0.25) is 5.69 Å².